The molecule has 0 aromatic heterocycles. The molecule has 0 radical (unpaired) electrons. The van der Waals surface area contributed by atoms with Crippen LogP contribution in [0.5, 0.6) is 0 Å². The Hall–Kier alpha value is -0.810. The van der Waals surface area contributed by atoms with Crippen molar-refractivity contribution in [1.29, 1.82) is 0 Å². The summed E-state index contributed by atoms with van der Waals surface area (Å²) in [5, 5.41) is 0. The average Bonchev–Trinajstić information content (AvgIpc) is 1.84. The van der Waals surface area contributed by atoms with Gasteiger partial charge in [0.15, 0.2) is 0 Å². The number of carbonyl (C=O) groups excluding carboxylic acids is 1. The number of amides is 1. The number of rotatable bonds is 3. The highest BCUT2D eigenvalue weighted by atomic mass is 35.7. The predicted molar refractivity (Wildman–Crippen MR) is 46.9 cm³/mol. The van der Waals surface area contributed by atoms with Gasteiger partial charge in [-0.05, 0) is 6.92 Å². The second-order valence-corrected chi connectivity index (χ2v) is 4.09. The van der Waals surface area contributed by atoms with E-state index < -0.39 is 15.1 Å². The largest absolute Gasteiger partial charge is 0.321 e. The Labute approximate surface area is 75.5 Å². The first-order valence-corrected chi connectivity index (χ1v) is 5.32. The van der Waals surface area contributed by atoms with Gasteiger partial charge in [-0.3, -0.25) is 4.79 Å². The lowest BCUT2D eigenvalue weighted by Crippen LogP contribution is -2.24. The second-order valence-electron chi connectivity index (χ2n) is 1.79. The molecule has 0 aliphatic carbocycles. The summed E-state index contributed by atoms with van der Waals surface area (Å²) in [6.45, 7) is 1.76. The van der Waals surface area contributed by atoms with Crippen molar-refractivity contribution >= 4 is 25.8 Å². The molecule has 0 spiro atoms. The van der Waals surface area contributed by atoms with Gasteiger partial charge in [-0.2, -0.15) is 8.42 Å². The van der Waals surface area contributed by atoms with Gasteiger partial charge in [-0.1, -0.05) is 18.2 Å². The molecule has 0 rings (SSSR count). The van der Waals surface area contributed by atoms with Crippen LogP contribution in [0.4, 0.5) is 0 Å². The molecule has 68 valence electrons. The third-order valence-corrected chi connectivity index (χ3v) is 1.45. The van der Waals surface area contributed by atoms with Crippen LogP contribution in [0.25, 0.3) is 0 Å². The molecule has 4 nitrogen and oxygen atoms in total. The van der Waals surface area contributed by atoms with Crippen molar-refractivity contribution < 1.29 is 13.2 Å². The Bertz CT molecular complexity index is 305. The summed E-state index contributed by atoms with van der Waals surface area (Å²) >= 11 is 0. The Morgan fingerprint density at radius 3 is 2.42 bits per heavy atom. The van der Waals surface area contributed by atoms with E-state index in [1.54, 1.807) is 23.8 Å². The van der Waals surface area contributed by atoms with E-state index in [0.29, 0.717) is 0 Å². The molecule has 0 aliphatic heterocycles. The Morgan fingerprint density at radius 2 is 2.00 bits per heavy atom. The number of allylic oxidation sites excluding steroid dienone is 3. The van der Waals surface area contributed by atoms with Gasteiger partial charge >= 0.3 is 9.24 Å². The van der Waals surface area contributed by atoms with Gasteiger partial charge in [0, 0.05) is 16.8 Å². The zero-order valence-electron chi connectivity index (χ0n) is 6.32. The normalized spacial score (nSPS) is 12.5. The van der Waals surface area contributed by atoms with Crippen molar-refractivity contribution in [1.82, 2.24) is 4.72 Å². The van der Waals surface area contributed by atoms with Crippen LogP contribution in [0.2, 0.25) is 0 Å². The predicted octanol–water partition coefficient (Wildman–Crippen LogP) is 0.719. The van der Waals surface area contributed by atoms with Crippen molar-refractivity contribution in [3.8, 4) is 0 Å². The summed E-state index contributed by atoms with van der Waals surface area (Å²) in [6.07, 6.45) is 5.73. The Balaban J connectivity index is 4.09. The van der Waals surface area contributed by atoms with E-state index in [1.165, 1.54) is 6.08 Å². The highest BCUT2D eigenvalue weighted by Crippen LogP contribution is 1.89. The molecular weight excluding hydrogens is 202 g/mol. The first kappa shape index (κ1) is 11.2. The van der Waals surface area contributed by atoms with E-state index >= 15 is 0 Å². The van der Waals surface area contributed by atoms with E-state index in [9.17, 15) is 13.2 Å². The van der Waals surface area contributed by atoms with Crippen LogP contribution in [0.1, 0.15) is 6.92 Å². The minimum absolute atomic E-state index is 0.775. The summed E-state index contributed by atoms with van der Waals surface area (Å²) in [6, 6.07) is 0. The van der Waals surface area contributed by atoms with E-state index in [2.05, 4.69) is 0 Å². The van der Waals surface area contributed by atoms with E-state index in [4.69, 9.17) is 10.7 Å². The molecule has 0 atom stereocenters. The first-order valence-electron chi connectivity index (χ1n) is 3.01. The van der Waals surface area contributed by atoms with Crippen molar-refractivity contribution in [2.75, 3.05) is 0 Å². The van der Waals surface area contributed by atoms with Crippen LogP contribution in [0, 0.1) is 0 Å². The molecule has 6 heteroatoms. The van der Waals surface area contributed by atoms with Crippen molar-refractivity contribution in [3.05, 3.63) is 24.3 Å². The highest BCUT2D eigenvalue weighted by molar-refractivity contribution is 8.12. The topological polar surface area (TPSA) is 63.2 Å². The number of hydrogen-bond acceptors (Lipinski definition) is 3. The molecule has 0 aliphatic rings. The van der Waals surface area contributed by atoms with Crippen molar-refractivity contribution in [2.24, 2.45) is 0 Å². The molecule has 0 unspecified atom stereocenters. The van der Waals surface area contributed by atoms with Gasteiger partial charge in [0.2, 0.25) is 0 Å². The van der Waals surface area contributed by atoms with Gasteiger partial charge in [-0.15, -0.1) is 0 Å². The minimum Gasteiger partial charge on any atom is -0.269 e. The SMILES string of the molecule is C/C=C/C=C/C(=O)NS(=O)(=O)Cl. The fraction of sp³-hybridized carbons (Fsp3) is 0.167. The third-order valence-electron chi connectivity index (χ3n) is 0.774. The van der Waals surface area contributed by atoms with Gasteiger partial charge in [0.25, 0.3) is 5.91 Å². The van der Waals surface area contributed by atoms with Crippen LogP contribution >= 0.6 is 10.7 Å². The van der Waals surface area contributed by atoms with E-state index in [0.717, 1.165) is 6.08 Å². The number of carbonyl (C=O) groups is 1. The van der Waals surface area contributed by atoms with Crippen LogP contribution in [-0.2, 0) is 14.0 Å². The molecule has 0 saturated heterocycles. The van der Waals surface area contributed by atoms with Crippen LogP contribution in [0.3, 0.4) is 0 Å². The van der Waals surface area contributed by atoms with E-state index in [1.807, 2.05) is 0 Å². The minimum atomic E-state index is -3.96. The number of hydrogen-bond donors (Lipinski definition) is 1. The molecular formula is C6H8ClNO3S. The average molecular weight is 210 g/mol. The monoisotopic (exact) mass is 209 g/mol. The summed E-state index contributed by atoms with van der Waals surface area (Å²) in [4.78, 5) is 10.6. The smallest absolute Gasteiger partial charge is 0.269 e. The van der Waals surface area contributed by atoms with Gasteiger partial charge in [0.1, 0.15) is 0 Å². The zero-order valence-corrected chi connectivity index (χ0v) is 7.89. The standard InChI is InChI=1S/C6H8ClNO3S/c1-2-3-4-5-6(9)8-12(7,10)11/h2-5H,1H3,(H,8,9)/b3-2+,5-4+. The molecule has 0 bridgehead atoms. The summed E-state index contributed by atoms with van der Waals surface area (Å²) in [5.41, 5.74) is 0. The lowest BCUT2D eigenvalue weighted by Gasteiger charge is -1.92. The lowest BCUT2D eigenvalue weighted by molar-refractivity contribution is -0.114. The summed E-state index contributed by atoms with van der Waals surface area (Å²) in [7, 11) is 0.766. The van der Waals surface area contributed by atoms with Crippen molar-refractivity contribution in [3.63, 3.8) is 0 Å². The summed E-state index contributed by atoms with van der Waals surface area (Å²) in [5.74, 6) is -0.775. The van der Waals surface area contributed by atoms with Gasteiger partial charge in [-0.25, -0.2) is 4.72 Å². The fourth-order valence-corrected chi connectivity index (χ4v) is 0.945. The maximum atomic E-state index is 10.6. The molecule has 0 heterocycles. The maximum absolute atomic E-state index is 10.6. The lowest BCUT2D eigenvalue weighted by atomic mass is 10.4. The van der Waals surface area contributed by atoms with Crippen LogP contribution < -0.4 is 4.72 Å². The highest BCUT2D eigenvalue weighted by Gasteiger charge is 2.05. The van der Waals surface area contributed by atoms with E-state index in [-0.39, 0.29) is 0 Å². The molecule has 0 saturated carbocycles. The van der Waals surface area contributed by atoms with Gasteiger partial charge < -0.3 is 0 Å². The quantitative estimate of drug-likeness (QED) is 0.423. The molecule has 0 aromatic carbocycles. The third kappa shape index (κ3) is 7.30. The number of nitrogens with one attached hydrogen (secondary N) is 1. The van der Waals surface area contributed by atoms with Gasteiger partial charge in [0.05, 0.1) is 0 Å². The van der Waals surface area contributed by atoms with Crippen LogP contribution in [0.15, 0.2) is 24.3 Å². The summed E-state index contributed by atoms with van der Waals surface area (Å²) < 4.78 is 22.1. The Morgan fingerprint density at radius 1 is 1.42 bits per heavy atom. The maximum Gasteiger partial charge on any atom is 0.321 e. The molecule has 1 N–H and O–H groups in total. The molecule has 1 amide bonds. The van der Waals surface area contributed by atoms with Crippen LogP contribution in [-0.4, -0.2) is 14.3 Å². The molecule has 12 heavy (non-hydrogen) atoms. The fourth-order valence-electron chi connectivity index (χ4n) is 0.408. The number of halogens is 1. The Kier molecular flexibility index (Phi) is 4.61. The first-order chi connectivity index (χ1) is 5.45. The molecule has 0 aromatic rings. The molecule has 0 fully saturated rings. The van der Waals surface area contributed by atoms with Crippen molar-refractivity contribution in [2.45, 2.75) is 6.92 Å². The second kappa shape index (κ2) is 4.95. The zero-order chi connectivity index (χ0) is 9.61.